The summed E-state index contributed by atoms with van der Waals surface area (Å²) in [6, 6.07) is -0.555. The van der Waals surface area contributed by atoms with Crippen LogP contribution >= 0.6 is 0 Å². The van der Waals surface area contributed by atoms with Gasteiger partial charge in [-0.15, -0.1) is 0 Å². The Morgan fingerprint density at radius 3 is 2.67 bits per heavy atom. The Morgan fingerprint density at radius 2 is 2.11 bits per heavy atom. The lowest BCUT2D eigenvalue weighted by Gasteiger charge is -2.22. The van der Waals surface area contributed by atoms with Crippen LogP contribution in [0.15, 0.2) is 0 Å². The van der Waals surface area contributed by atoms with E-state index < -0.39 is 18.0 Å². The number of nitrogens with zero attached hydrogens (tertiary/aromatic N) is 1. The van der Waals surface area contributed by atoms with Gasteiger partial charge in [0.15, 0.2) is 0 Å². The van der Waals surface area contributed by atoms with Gasteiger partial charge in [-0.2, -0.15) is 0 Å². The summed E-state index contributed by atoms with van der Waals surface area (Å²) in [6.07, 6.45) is 0.436. The number of nitrogens with two attached hydrogens (primary N) is 1. The molecule has 102 valence electrons. The number of hydrogen-bond donors (Lipinski definition) is 2. The van der Waals surface area contributed by atoms with E-state index in [1.807, 2.05) is 0 Å². The van der Waals surface area contributed by atoms with Crippen molar-refractivity contribution in [2.45, 2.75) is 38.8 Å². The molecule has 18 heavy (non-hydrogen) atoms. The fraction of sp³-hybridized carbons (Fsp3) is 0.727. The molecule has 0 saturated carbocycles. The predicted octanol–water partition coefficient (Wildman–Crippen LogP) is -0.403. The average molecular weight is 257 g/mol. The van der Waals surface area contributed by atoms with E-state index in [-0.39, 0.29) is 18.6 Å². The Bertz CT molecular complexity index is 343. The molecule has 1 atom stereocenters. The van der Waals surface area contributed by atoms with E-state index in [9.17, 15) is 14.4 Å². The quantitative estimate of drug-likeness (QED) is 0.715. The van der Waals surface area contributed by atoms with Crippen LogP contribution in [0.4, 0.5) is 4.79 Å². The van der Waals surface area contributed by atoms with Crippen LogP contribution in [0.3, 0.4) is 0 Å². The molecule has 1 aliphatic rings. The summed E-state index contributed by atoms with van der Waals surface area (Å²) in [7, 11) is 0. The highest BCUT2D eigenvalue weighted by Crippen LogP contribution is 2.16. The highest BCUT2D eigenvalue weighted by Gasteiger charge is 2.32. The van der Waals surface area contributed by atoms with Crippen molar-refractivity contribution in [2.75, 3.05) is 13.1 Å². The molecule has 7 nitrogen and oxygen atoms in total. The van der Waals surface area contributed by atoms with Gasteiger partial charge in [-0.05, 0) is 26.7 Å². The average Bonchev–Trinajstić information content (AvgIpc) is 2.73. The largest absolute Gasteiger partial charge is 0.447 e. The number of likely N-dealkylation sites (tertiary alicyclic amines) is 1. The van der Waals surface area contributed by atoms with Crippen LogP contribution in [0, 0.1) is 0 Å². The molecular weight excluding hydrogens is 238 g/mol. The summed E-state index contributed by atoms with van der Waals surface area (Å²) in [5.74, 6) is -0.831. The number of carbonyl (C=O) groups excluding carboxylic acids is 3. The Hall–Kier alpha value is -1.79. The second-order valence-corrected chi connectivity index (χ2v) is 4.46. The van der Waals surface area contributed by atoms with Gasteiger partial charge in [0, 0.05) is 6.54 Å². The number of rotatable bonds is 4. The van der Waals surface area contributed by atoms with Gasteiger partial charge in [-0.1, -0.05) is 0 Å². The number of primary amides is 1. The summed E-state index contributed by atoms with van der Waals surface area (Å²) in [5.41, 5.74) is 5.20. The highest BCUT2D eigenvalue weighted by atomic mass is 16.6. The first-order valence-corrected chi connectivity index (χ1v) is 5.95. The first-order chi connectivity index (χ1) is 8.41. The Kier molecular flexibility index (Phi) is 4.94. The van der Waals surface area contributed by atoms with E-state index in [0.29, 0.717) is 13.0 Å². The maximum atomic E-state index is 11.8. The van der Waals surface area contributed by atoms with Gasteiger partial charge in [0.05, 0.1) is 6.10 Å². The molecule has 1 heterocycles. The number of carbonyl (C=O) groups is 3. The molecule has 0 aromatic heterocycles. The van der Waals surface area contributed by atoms with E-state index in [1.165, 1.54) is 4.90 Å². The summed E-state index contributed by atoms with van der Waals surface area (Å²) in [4.78, 5) is 35.5. The van der Waals surface area contributed by atoms with Crippen molar-refractivity contribution in [1.82, 2.24) is 10.2 Å². The number of nitrogens with one attached hydrogen (secondary N) is 1. The molecule has 3 amide bonds. The molecule has 0 bridgehead atoms. The zero-order valence-corrected chi connectivity index (χ0v) is 10.6. The fourth-order valence-electron chi connectivity index (χ4n) is 1.87. The number of alkyl carbamates (subject to hydrolysis) is 1. The zero-order chi connectivity index (χ0) is 13.7. The molecule has 0 aromatic carbocycles. The van der Waals surface area contributed by atoms with Gasteiger partial charge in [0.1, 0.15) is 12.6 Å². The minimum atomic E-state index is -0.645. The van der Waals surface area contributed by atoms with Crippen molar-refractivity contribution >= 4 is 17.9 Å². The molecule has 0 aliphatic carbocycles. The maximum absolute atomic E-state index is 11.8. The Balaban J connectivity index is 2.41. The van der Waals surface area contributed by atoms with Crippen molar-refractivity contribution in [3.05, 3.63) is 0 Å². The Morgan fingerprint density at radius 1 is 1.44 bits per heavy atom. The lowest BCUT2D eigenvalue weighted by atomic mass is 10.2. The topological polar surface area (TPSA) is 102 Å². The molecule has 1 rings (SSSR count). The third-order valence-corrected chi connectivity index (χ3v) is 2.63. The lowest BCUT2D eigenvalue weighted by molar-refractivity contribution is -0.136. The molecule has 1 aliphatic heterocycles. The standard InChI is InChI=1S/C11H19N3O4/c1-7(2)18-11(17)13-6-9(15)14-5-3-4-8(14)10(12)16/h7-8H,3-6H2,1-2H3,(H2,12,16)(H,13,17)/t8-/m0/s1. The van der Waals surface area contributed by atoms with Gasteiger partial charge in [0.2, 0.25) is 11.8 Å². The third-order valence-electron chi connectivity index (χ3n) is 2.63. The molecule has 0 radical (unpaired) electrons. The van der Waals surface area contributed by atoms with Gasteiger partial charge < -0.3 is 20.7 Å². The SMILES string of the molecule is CC(C)OC(=O)NCC(=O)N1CCC[C@H]1C(N)=O. The minimum Gasteiger partial charge on any atom is -0.447 e. The van der Waals surface area contributed by atoms with E-state index >= 15 is 0 Å². The molecule has 0 unspecified atom stereocenters. The van der Waals surface area contributed by atoms with Crippen molar-refractivity contribution < 1.29 is 19.1 Å². The number of hydrogen-bond acceptors (Lipinski definition) is 4. The highest BCUT2D eigenvalue weighted by molar-refractivity contribution is 5.89. The number of ether oxygens (including phenoxy) is 1. The monoisotopic (exact) mass is 257 g/mol. The summed E-state index contributed by atoms with van der Waals surface area (Å²) in [5, 5.41) is 2.35. The predicted molar refractivity (Wildman–Crippen MR) is 63.5 cm³/mol. The van der Waals surface area contributed by atoms with Gasteiger partial charge in [-0.3, -0.25) is 9.59 Å². The second kappa shape index (κ2) is 6.23. The summed E-state index contributed by atoms with van der Waals surface area (Å²) in [6.45, 7) is 3.73. The lowest BCUT2D eigenvalue weighted by Crippen LogP contribution is -2.47. The van der Waals surface area contributed by atoms with Gasteiger partial charge in [0.25, 0.3) is 0 Å². The molecular formula is C11H19N3O4. The van der Waals surface area contributed by atoms with E-state index in [0.717, 1.165) is 6.42 Å². The summed E-state index contributed by atoms with van der Waals surface area (Å²) < 4.78 is 4.83. The smallest absolute Gasteiger partial charge is 0.407 e. The summed E-state index contributed by atoms with van der Waals surface area (Å²) >= 11 is 0. The molecule has 1 fully saturated rings. The van der Waals surface area contributed by atoms with Gasteiger partial charge in [-0.25, -0.2) is 4.79 Å². The van der Waals surface area contributed by atoms with Crippen LogP contribution in [-0.4, -0.2) is 48.0 Å². The van der Waals surface area contributed by atoms with Crippen LogP contribution < -0.4 is 11.1 Å². The van der Waals surface area contributed by atoms with Crippen molar-refractivity contribution in [3.63, 3.8) is 0 Å². The normalized spacial score (nSPS) is 18.8. The molecule has 0 aromatic rings. The third kappa shape index (κ3) is 3.90. The second-order valence-electron chi connectivity index (χ2n) is 4.46. The van der Waals surface area contributed by atoms with E-state index in [1.54, 1.807) is 13.8 Å². The van der Waals surface area contributed by atoms with Crippen molar-refractivity contribution in [3.8, 4) is 0 Å². The van der Waals surface area contributed by atoms with Crippen LogP contribution in [0.5, 0.6) is 0 Å². The first kappa shape index (κ1) is 14.3. The molecule has 1 saturated heterocycles. The van der Waals surface area contributed by atoms with Crippen LogP contribution in [0.2, 0.25) is 0 Å². The van der Waals surface area contributed by atoms with Crippen LogP contribution in [-0.2, 0) is 14.3 Å². The van der Waals surface area contributed by atoms with Crippen LogP contribution in [0.25, 0.3) is 0 Å². The molecule has 0 spiro atoms. The van der Waals surface area contributed by atoms with Gasteiger partial charge >= 0.3 is 6.09 Å². The van der Waals surface area contributed by atoms with Crippen LogP contribution in [0.1, 0.15) is 26.7 Å². The van der Waals surface area contributed by atoms with E-state index in [2.05, 4.69) is 5.32 Å². The zero-order valence-electron chi connectivity index (χ0n) is 10.6. The number of amides is 3. The fourth-order valence-corrected chi connectivity index (χ4v) is 1.87. The van der Waals surface area contributed by atoms with E-state index in [4.69, 9.17) is 10.5 Å². The molecule has 7 heteroatoms. The first-order valence-electron chi connectivity index (χ1n) is 5.95. The Labute approximate surface area is 106 Å². The van der Waals surface area contributed by atoms with Crippen molar-refractivity contribution in [2.24, 2.45) is 5.73 Å². The van der Waals surface area contributed by atoms with Crippen molar-refractivity contribution in [1.29, 1.82) is 0 Å². The molecule has 3 N–H and O–H groups in total. The minimum absolute atomic E-state index is 0.185. The maximum Gasteiger partial charge on any atom is 0.407 e.